The van der Waals surface area contributed by atoms with Crippen molar-refractivity contribution >= 4 is 17.4 Å². The van der Waals surface area contributed by atoms with Gasteiger partial charge in [-0.3, -0.25) is 4.79 Å². The molecule has 78 valence electrons. The zero-order valence-electron chi connectivity index (χ0n) is 8.21. The highest BCUT2D eigenvalue weighted by molar-refractivity contribution is 5.76. The molecule has 0 spiro atoms. The van der Waals surface area contributed by atoms with Gasteiger partial charge in [0, 0.05) is 6.20 Å². The molecule has 0 aliphatic heterocycles. The summed E-state index contributed by atoms with van der Waals surface area (Å²) in [6.45, 7) is 1.58. The van der Waals surface area contributed by atoms with Gasteiger partial charge in [0.2, 0.25) is 0 Å². The second-order valence-corrected chi connectivity index (χ2v) is 3.30. The van der Waals surface area contributed by atoms with Gasteiger partial charge in [0.05, 0.1) is 6.20 Å². The number of carbonyl (C=O) groups is 1. The Morgan fingerprint density at radius 2 is 2.40 bits per heavy atom. The topological polar surface area (TPSA) is 66.6 Å². The Bertz CT molecular complexity index is 459. The van der Waals surface area contributed by atoms with Crippen LogP contribution in [0.5, 0.6) is 0 Å². The molecule has 0 aromatic carbocycles. The van der Waals surface area contributed by atoms with Crippen LogP contribution in [0.4, 0.5) is 5.82 Å². The number of aliphatic carboxylic acids is 1. The van der Waals surface area contributed by atoms with Gasteiger partial charge in [-0.05, 0) is 19.1 Å². The molecule has 1 atom stereocenters. The van der Waals surface area contributed by atoms with Crippen molar-refractivity contribution in [3.05, 3.63) is 30.6 Å². The Morgan fingerprint density at radius 3 is 3.07 bits per heavy atom. The number of nitrogens with zero attached hydrogens (tertiary/aromatic N) is 2. The molecule has 0 saturated heterocycles. The van der Waals surface area contributed by atoms with Gasteiger partial charge in [0.1, 0.15) is 17.5 Å². The highest BCUT2D eigenvalue weighted by atomic mass is 16.4. The molecule has 1 unspecified atom stereocenters. The van der Waals surface area contributed by atoms with E-state index in [1.165, 1.54) is 0 Å². The Morgan fingerprint density at radius 1 is 1.60 bits per heavy atom. The third kappa shape index (κ3) is 1.90. The van der Waals surface area contributed by atoms with E-state index in [0.29, 0.717) is 5.82 Å². The van der Waals surface area contributed by atoms with Crippen molar-refractivity contribution in [2.75, 3.05) is 5.32 Å². The summed E-state index contributed by atoms with van der Waals surface area (Å²) < 4.78 is 1.83. The number of hydrogen-bond acceptors (Lipinski definition) is 3. The van der Waals surface area contributed by atoms with E-state index in [1.807, 2.05) is 28.8 Å². The van der Waals surface area contributed by atoms with Gasteiger partial charge < -0.3 is 14.8 Å². The number of imidazole rings is 1. The fraction of sp³-hybridized carbons (Fsp3) is 0.200. The Balaban J connectivity index is 2.26. The molecule has 0 aliphatic carbocycles. The molecule has 0 amide bonds. The lowest BCUT2D eigenvalue weighted by atomic mass is 10.3. The smallest absolute Gasteiger partial charge is 0.325 e. The Kier molecular flexibility index (Phi) is 2.29. The predicted molar refractivity (Wildman–Crippen MR) is 55.9 cm³/mol. The number of anilines is 1. The first-order valence-corrected chi connectivity index (χ1v) is 4.60. The van der Waals surface area contributed by atoms with E-state index >= 15 is 0 Å². The summed E-state index contributed by atoms with van der Waals surface area (Å²) >= 11 is 0. The normalized spacial score (nSPS) is 12.6. The first-order chi connectivity index (χ1) is 7.16. The fourth-order valence-electron chi connectivity index (χ4n) is 1.29. The van der Waals surface area contributed by atoms with Crippen LogP contribution >= 0.6 is 0 Å². The highest BCUT2D eigenvalue weighted by Gasteiger charge is 2.11. The summed E-state index contributed by atoms with van der Waals surface area (Å²) in [6.07, 6.45) is 3.62. The molecule has 2 aromatic rings. The molecule has 0 saturated carbocycles. The molecule has 0 aliphatic rings. The number of rotatable bonds is 3. The molecule has 2 aromatic heterocycles. The van der Waals surface area contributed by atoms with Gasteiger partial charge in [-0.25, -0.2) is 4.98 Å². The minimum absolute atomic E-state index is 0.566. The maximum absolute atomic E-state index is 10.6. The van der Waals surface area contributed by atoms with Gasteiger partial charge >= 0.3 is 5.97 Å². The van der Waals surface area contributed by atoms with Crippen LogP contribution in [0.2, 0.25) is 0 Å². The van der Waals surface area contributed by atoms with Crippen molar-refractivity contribution in [3.63, 3.8) is 0 Å². The number of nitrogens with one attached hydrogen (secondary N) is 1. The van der Waals surface area contributed by atoms with E-state index in [2.05, 4.69) is 10.3 Å². The quantitative estimate of drug-likeness (QED) is 0.790. The molecule has 0 bridgehead atoms. The second kappa shape index (κ2) is 3.61. The highest BCUT2D eigenvalue weighted by Crippen LogP contribution is 2.09. The van der Waals surface area contributed by atoms with Crippen LogP contribution in [-0.2, 0) is 4.79 Å². The Labute approximate surface area is 86.4 Å². The van der Waals surface area contributed by atoms with Crippen LogP contribution in [0.1, 0.15) is 6.92 Å². The second-order valence-electron chi connectivity index (χ2n) is 3.30. The van der Waals surface area contributed by atoms with Gasteiger partial charge in [-0.2, -0.15) is 0 Å². The molecule has 2 rings (SSSR count). The van der Waals surface area contributed by atoms with Crippen molar-refractivity contribution in [2.45, 2.75) is 13.0 Å². The molecule has 5 heteroatoms. The molecule has 15 heavy (non-hydrogen) atoms. The first kappa shape index (κ1) is 9.51. The molecule has 0 fully saturated rings. The standard InChI is InChI=1S/C10H11N3O2/c1-7(10(14)15)11-8-6-13-5-3-2-4-9(13)12-8/h2-7,11H,1H3,(H,14,15). The Hall–Kier alpha value is -2.04. The summed E-state index contributed by atoms with van der Waals surface area (Å²) in [4.78, 5) is 14.8. The molecule has 5 nitrogen and oxygen atoms in total. The molecule has 2 N–H and O–H groups in total. The predicted octanol–water partition coefficient (Wildman–Crippen LogP) is 1.22. The van der Waals surface area contributed by atoms with Gasteiger partial charge in [0.15, 0.2) is 0 Å². The zero-order valence-corrected chi connectivity index (χ0v) is 8.21. The minimum atomic E-state index is -0.896. The minimum Gasteiger partial charge on any atom is -0.480 e. The van der Waals surface area contributed by atoms with Crippen molar-refractivity contribution in [1.29, 1.82) is 0 Å². The third-order valence-corrected chi connectivity index (χ3v) is 2.10. The SMILES string of the molecule is CC(Nc1cn2ccccc2n1)C(=O)O. The summed E-state index contributed by atoms with van der Waals surface area (Å²) in [5.41, 5.74) is 0.789. The summed E-state index contributed by atoms with van der Waals surface area (Å²) in [7, 11) is 0. The number of fused-ring (bicyclic) bond motifs is 1. The van der Waals surface area contributed by atoms with E-state index in [9.17, 15) is 4.79 Å². The lowest BCUT2D eigenvalue weighted by Crippen LogP contribution is -2.25. The summed E-state index contributed by atoms with van der Waals surface area (Å²) in [5.74, 6) is -0.330. The molecule has 2 heterocycles. The number of hydrogen-bond donors (Lipinski definition) is 2. The maximum atomic E-state index is 10.6. The van der Waals surface area contributed by atoms with Crippen LogP contribution in [0.3, 0.4) is 0 Å². The van der Waals surface area contributed by atoms with Crippen molar-refractivity contribution < 1.29 is 9.90 Å². The van der Waals surface area contributed by atoms with Crippen LogP contribution in [-0.4, -0.2) is 26.5 Å². The van der Waals surface area contributed by atoms with Gasteiger partial charge in [-0.1, -0.05) is 6.07 Å². The lowest BCUT2D eigenvalue weighted by Gasteiger charge is -2.06. The van der Waals surface area contributed by atoms with E-state index < -0.39 is 12.0 Å². The van der Waals surface area contributed by atoms with E-state index in [1.54, 1.807) is 13.1 Å². The third-order valence-electron chi connectivity index (χ3n) is 2.10. The molecular weight excluding hydrogens is 194 g/mol. The molecule has 0 radical (unpaired) electrons. The summed E-state index contributed by atoms with van der Waals surface area (Å²) in [6, 6.07) is 4.98. The van der Waals surface area contributed by atoms with Crippen molar-refractivity contribution in [2.24, 2.45) is 0 Å². The lowest BCUT2D eigenvalue weighted by molar-refractivity contribution is -0.137. The average molecular weight is 205 g/mol. The van der Waals surface area contributed by atoms with Gasteiger partial charge in [0.25, 0.3) is 0 Å². The monoisotopic (exact) mass is 205 g/mol. The number of carboxylic acids is 1. The van der Waals surface area contributed by atoms with Crippen molar-refractivity contribution in [3.8, 4) is 0 Å². The maximum Gasteiger partial charge on any atom is 0.325 e. The fourth-order valence-corrected chi connectivity index (χ4v) is 1.29. The molecular formula is C10H11N3O2. The number of pyridine rings is 1. The zero-order chi connectivity index (χ0) is 10.8. The van der Waals surface area contributed by atoms with Crippen LogP contribution in [0.25, 0.3) is 5.65 Å². The first-order valence-electron chi connectivity index (χ1n) is 4.60. The van der Waals surface area contributed by atoms with Crippen LogP contribution < -0.4 is 5.32 Å². The van der Waals surface area contributed by atoms with E-state index in [0.717, 1.165) is 5.65 Å². The van der Waals surface area contributed by atoms with E-state index in [4.69, 9.17) is 5.11 Å². The van der Waals surface area contributed by atoms with Crippen LogP contribution in [0.15, 0.2) is 30.6 Å². The van der Waals surface area contributed by atoms with E-state index in [-0.39, 0.29) is 0 Å². The summed E-state index contributed by atoms with van der Waals surface area (Å²) in [5, 5.41) is 11.5. The van der Waals surface area contributed by atoms with Crippen LogP contribution in [0, 0.1) is 0 Å². The average Bonchev–Trinajstić information content (AvgIpc) is 2.59. The number of carboxylic acid groups (broad SMARTS) is 1. The van der Waals surface area contributed by atoms with Crippen molar-refractivity contribution in [1.82, 2.24) is 9.38 Å². The number of aromatic nitrogens is 2. The van der Waals surface area contributed by atoms with Gasteiger partial charge in [-0.15, -0.1) is 0 Å². The largest absolute Gasteiger partial charge is 0.480 e.